The Bertz CT molecular complexity index is 52.5. The minimum atomic E-state index is 0.552. The minimum Gasteiger partial charge on any atom is -0.400 e. The Hall–Kier alpha value is -0.0400. The maximum absolute atomic E-state index is 7.00. The molecule has 1 N–H and O–H groups in total. The maximum atomic E-state index is 7.00. The Labute approximate surface area is 79.2 Å². The summed E-state index contributed by atoms with van der Waals surface area (Å²) in [4.78, 5) is 0. The van der Waals surface area contributed by atoms with Crippen molar-refractivity contribution in [2.45, 2.75) is 60.8 Å². The third-order valence-corrected chi connectivity index (χ3v) is 1.28. The van der Waals surface area contributed by atoms with Gasteiger partial charge in [0.05, 0.1) is 0 Å². The van der Waals surface area contributed by atoms with Gasteiger partial charge in [-0.2, -0.15) is 0 Å². The second-order valence-corrected chi connectivity index (χ2v) is 3.66. The summed E-state index contributed by atoms with van der Waals surface area (Å²) in [6.45, 7) is 13.1. The summed E-state index contributed by atoms with van der Waals surface area (Å²) in [5.74, 6) is 0. The molecule has 1 nitrogen and oxygen atoms in total. The summed E-state index contributed by atoms with van der Waals surface area (Å²) in [7, 11) is 1.00. The Kier molecular flexibility index (Phi) is 20.2. The van der Waals surface area contributed by atoms with Gasteiger partial charge in [-0.05, 0) is 11.8 Å². The molecule has 0 aliphatic rings. The van der Waals surface area contributed by atoms with Crippen molar-refractivity contribution < 1.29 is 5.11 Å². The summed E-state index contributed by atoms with van der Waals surface area (Å²) in [6, 6.07) is 0. The molecule has 0 aliphatic heterocycles. The number of unbranched alkanes of at least 4 members (excludes halogenated alkanes) is 1. The second kappa shape index (κ2) is 13.5. The lowest BCUT2D eigenvalue weighted by molar-refractivity contribution is 0.363. The maximum Gasteiger partial charge on any atom is 0.0319 e. The lowest BCUT2D eigenvalue weighted by atomic mass is 9.90. The predicted octanol–water partition coefficient (Wildman–Crippen LogP) is 3.86. The topological polar surface area (TPSA) is 20.2 Å². The molecule has 0 atom stereocenters. The van der Waals surface area contributed by atoms with Gasteiger partial charge >= 0.3 is 0 Å². The quantitative estimate of drug-likeness (QED) is 0.677. The highest BCUT2D eigenvalue weighted by molar-refractivity contribution is 4.59. The van der Waals surface area contributed by atoms with Crippen LogP contribution in [0.3, 0.4) is 0 Å². The first-order valence-electron chi connectivity index (χ1n) is 5.01. The minimum absolute atomic E-state index is 0.552. The van der Waals surface area contributed by atoms with Crippen LogP contribution in [0.25, 0.3) is 0 Å². The van der Waals surface area contributed by atoms with E-state index in [0.29, 0.717) is 5.41 Å². The van der Waals surface area contributed by atoms with E-state index in [1.165, 1.54) is 19.3 Å². The Morgan fingerprint density at radius 1 is 1.00 bits per heavy atom. The molecule has 0 heterocycles. The van der Waals surface area contributed by atoms with E-state index in [2.05, 4.69) is 27.7 Å². The third-order valence-electron chi connectivity index (χ3n) is 1.28. The van der Waals surface area contributed by atoms with E-state index in [9.17, 15) is 0 Å². The van der Waals surface area contributed by atoms with Crippen LogP contribution in [0.5, 0.6) is 0 Å². The van der Waals surface area contributed by atoms with Crippen molar-refractivity contribution in [3.05, 3.63) is 0 Å². The monoisotopic (exact) mass is 176 g/mol. The van der Waals surface area contributed by atoms with E-state index in [1.54, 1.807) is 0 Å². The number of aliphatic hydroxyl groups excluding tert-OH is 1. The number of hydrogen-bond acceptors (Lipinski definition) is 1. The van der Waals surface area contributed by atoms with Gasteiger partial charge in [0.1, 0.15) is 0 Å². The first-order chi connectivity index (χ1) is 5.56. The molecule has 0 rings (SSSR count). The van der Waals surface area contributed by atoms with Gasteiger partial charge < -0.3 is 5.11 Å². The Morgan fingerprint density at radius 3 is 1.42 bits per heavy atom. The van der Waals surface area contributed by atoms with Crippen LogP contribution in [0, 0.1) is 5.41 Å². The van der Waals surface area contributed by atoms with Crippen LogP contribution >= 0.6 is 0 Å². The van der Waals surface area contributed by atoms with Crippen molar-refractivity contribution >= 4 is 0 Å². The molecule has 0 fully saturated rings. The van der Waals surface area contributed by atoms with Gasteiger partial charge in [-0.1, -0.05) is 54.4 Å². The summed E-state index contributed by atoms with van der Waals surface area (Å²) in [6.07, 6.45) is 4.07. The highest BCUT2D eigenvalue weighted by Gasteiger charge is 2.07. The fraction of sp³-hybridized carbons (Fsp3) is 1.00. The molecular formula is C11H28O. The zero-order valence-electron chi connectivity index (χ0n) is 10.1. The van der Waals surface area contributed by atoms with Crippen LogP contribution in [-0.4, -0.2) is 12.2 Å². The zero-order valence-corrected chi connectivity index (χ0v) is 10.1. The largest absolute Gasteiger partial charge is 0.400 e. The third kappa shape index (κ3) is 32.5. The van der Waals surface area contributed by atoms with Crippen LogP contribution in [0.15, 0.2) is 0 Å². The molecule has 0 aromatic rings. The molecule has 1 heteroatoms. The standard InChI is InChI=1S/C8H18.C2H6.CH4O/c1-5-6-7-8(2,3)4;2*1-2/h5-7H2,1-4H3;1-2H3;2H,1H3. The molecule has 0 bridgehead atoms. The van der Waals surface area contributed by atoms with Crippen molar-refractivity contribution in [1.29, 1.82) is 0 Å². The average Bonchev–Trinajstić information content (AvgIpc) is 2.07. The van der Waals surface area contributed by atoms with Crippen LogP contribution in [0.2, 0.25) is 0 Å². The second-order valence-electron chi connectivity index (χ2n) is 3.66. The molecule has 0 amide bonds. The molecular weight excluding hydrogens is 148 g/mol. The van der Waals surface area contributed by atoms with Crippen molar-refractivity contribution in [1.82, 2.24) is 0 Å². The SMILES string of the molecule is CC.CCCCC(C)(C)C.CO. The summed E-state index contributed by atoms with van der Waals surface area (Å²) in [5.41, 5.74) is 0.552. The molecule has 0 unspecified atom stereocenters. The Balaban J connectivity index is -0.000000175. The molecule has 0 radical (unpaired) electrons. The van der Waals surface area contributed by atoms with E-state index >= 15 is 0 Å². The zero-order chi connectivity index (χ0) is 10.6. The highest BCUT2D eigenvalue weighted by atomic mass is 16.2. The smallest absolute Gasteiger partial charge is 0.0319 e. The van der Waals surface area contributed by atoms with Gasteiger partial charge in [0.25, 0.3) is 0 Å². The van der Waals surface area contributed by atoms with Crippen LogP contribution < -0.4 is 0 Å². The first-order valence-corrected chi connectivity index (χ1v) is 5.01. The van der Waals surface area contributed by atoms with Gasteiger partial charge in [-0.25, -0.2) is 0 Å². The van der Waals surface area contributed by atoms with Gasteiger partial charge in [0.15, 0.2) is 0 Å². The molecule has 0 saturated carbocycles. The van der Waals surface area contributed by atoms with Gasteiger partial charge in [0, 0.05) is 7.11 Å². The molecule has 12 heavy (non-hydrogen) atoms. The molecule has 0 aromatic carbocycles. The van der Waals surface area contributed by atoms with Crippen LogP contribution in [0.4, 0.5) is 0 Å². The predicted molar refractivity (Wildman–Crippen MR) is 58.5 cm³/mol. The van der Waals surface area contributed by atoms with Crippen LogP contribution in [0.1, 0.15) is 60.8 Å². The first kappa shape index (κ1) is 17.9. The van der Waals surface area contributed by atoms with E-state index < -0.39 is 0 Å². The van der Waals surface area contributed by atoms with E-state index in [4.69, 9.17) is 5.11 Å². The van der Waals surface area contributed by atoms with E-state index in [0.717, 1.165) is 7.11 Å². The normalized spacial score (nSPS) is 9.00. The molecule has 0 aromatic heterocycles. The average molecular weight is 176 g/mol. The number of rotatable bonds is 2. The molecule has 0 spiro atoms. The van der Waals surface area contributed by atoms with Crippen molar-refractivity contribution in [3.63, 3.8) is 0 Å². The molecule has 0 aliphatic carbocycles. The summed E-state index contributed by atoms with van der Waals surface area (Å²) in [5, 5.41) is 7.00. The van der Waals surface area contributed by atoms with Gasteiger partial charge in [-0.3, -0.25) is 0 Å². The lowest BCUT2D eigenvalue weighted by Gasteiger charge is -2.16. The summed E-state index contributed by atoms with van der Waals surface area (Å²) < 4.78 is 0. The molecule has 78 valence electrons. The summed E-state index contributed by atoms with van der Waals surface area (Å²) >= 11 is 0. The van der Waals surface area contributed by atoms with Crippen molar-refractivity contribution in [2.75, 3.05) is 7.11 Å². The van der Waals surface area contributed by atoms with Crippen molar-refractivity contribution in [2.24, 2.45) is 5.41 Å². The van der Waals surface area contributed by atoms with Gasteiger partial charge in [-0.15, -0.1) is 0 Å². The van der Waals surface area contributed by atoms with Crippen LogP contribution in [-0.2, 0) is 0 Å². The number of aliphatic hydroxyl groups is 1. The van der Waals surface area contributed by atoms with E-state index in [1.807, 2.05) is 13.8 Å². The fourth-order valence-electron chi connectivity index (χ4n) is 0.707. The van der Waals surface area contributed by atoms with Gasteiger partial charge in [0.2, 0.25) is 0 Å². The fourth-order valence-corrected chi connectivity index (χ4v) is 0.707. The van der Waals surface area contributed by atoms with Crippen molar-refractivity contribution in [3.8, 4) is 0 Å². The lowest BCUT2D eigenvalue weighted by Crippen LogP contribution is -2.03. The molecule has 0 saturated heterocycles. The number of hydrogen-bond donors (Lipinski definition) is 1. The Morgan fingerprint density at radius 2 is 1.33 bits per heavy atom. The highest BCUT2D eigenvalue weighted by Crippen LogP contribution is 2.20. The van der Waals surface area contributed by atoms with E-state index in [-0.39, 0.29) is 0 Å².